The van der Waals surface area contributed by atoms with Gasteiger partial charge in [-0.05, 0) is 71.9 Å². The van der Waals surface area contributed by atoms with E-state index in [0.717, 1.165) is 34.1 Å². The normalized spacial score (nSPS) is 12.8. The molecule has 0 aromatic heterocycles. The van der Waals surface area contributed by atoms with Crippen LogP contribution in [0.1, 0.15) is 0 Å². The average molecular weight is 971 g/mol. The number of carbonyl (C=O) groups is 2. The Balaban J connectivity index is 0.000000407. The number of alkyl halides is 6. The Hall–Kier alpha value is -5.44. The number of carbonyl (C=O) groups excluding carboxylic acids is 2. The molecule has 0 radical (unpaired) electrons. The van der Waals surface area contributed by atoms with Gasteiger partial charge in [0.25, 0.3) is 0 Å². The SMILES string of the molecule is O=C([O-])C(F)(F)F.O=C([O-])C(F)(F)F.[Pd+2].c1ccc(P(c2ccccc2)c2ccc3c(c2-c2c(P(c4ccccc4)c4ccccc4)ccc4c2OCCO4)OCCO3)cc1. The van der Waals surface area contributed by atoms with Crippen molar-refractivity contribution in [2.75, 3.05) is 26.4 Å². The molecule has 0 aliphatic carbocycles. The molecule has 6 aromatic rings. The van der Waals surface area contributed by atoms with Gasteiger partial charge < -0.3 is 38.7 Å². The summed E-state index contributed by atoms with van der Waals surface area (Å²) in [4.78, 5) is 17.6. The van der Waals surface area contributed by atoms with Gasteiger partial charge in [0.05, 0.1) is 0 Å². The van der Waals surface area contributed by atoms with Crippen molar-refractivity contribution in [3.8, 4) is 34.1 Å². The number of ether oxygens (including phenoxy) is 4. The van der Waals surface area contributed by atoms with Crippen molar-refractivity contribution in [3.05, 3.63) is 146 Å². The standard InChI is InChI=1S/C40H32O4P2.2C2HF3O2.Pd/c1-5-13-29(14-6-1)45(30-15-7-2-8-16-30)35-23-21-33-39(43-27-25-41-33)37(35)38-36(24-22-34-40(38)44-28-26-42-34)46(31-17-9-3-10-18-31)32-19-11-4-12-20-32;2*3-2(4,5)1(6)7;/h1-24H,25-28H2;2*(H,6,7);/q;;;+2/p-2. The third-order valence-corrected chi connectivity index (χ3v) is 13.6. The van der Waals surface area contributed by atoms with Crippen molar-refractivity contribution in [1.82, 2.24) is 0 Å². The smallest absolute Gasteiger partial charge is 0.542 e. The quantitative estimate of drug-likeness (QED) is 0.125. The van der Waals surface area contributed by atoms with Crippen molar-refractivity contribution >= 4 is 59.6 Å². The van der Waals surface area contributed by atoms with E-state index in [1.807, 2.05) is 0 Å². The first-order valence-corrected chi connectivity index (χ1v) is 20.7. The van der Waals surface area contributed by atoms with Crippen molar-refractivity contribution in [3.63, 3.8) is 0 Å². The molecule has 2 aliphatic rings. The molecular formula is C44H32F6O8P2Pd. The van der Waals surface area contributed by atoms with Gasteiger partial charge in [-0.15, -0.1) is 0 Å². The van der Waals surface area contributed by atoms with Crippen LogP contribution in [0.4, 0.5) is 26.3 Å². The van der Waals surface area contributed by atoms with Gasteiger partial charge in [-0.25, -0.2) is 0 Å². The van der Waals surface area contributed by atoms with E-state index in [2.05, 4.69) is 146 Å². The minimum atomic E-state index is -5.19. The second kappa shape index (κ2) is 20.9. The van der Waals surface area contributed by atoms with Crippen LogP contribution < -0.4 is 61.0 Å². The van der Waals surface area contributed by atoms with E-state index in [4.69, 9.17) is 38.7 Å². The van der Waals surface area contributed by atoms with Gasteiger partial charge in [-0.1, -0.05) is 121 Å². The summed E-state index contributed by atoms with van der Waals surface area (Å²) in [6, 6.07) is 51.9. The second-order valence-electron chi connectivity index (χ2n) is 12.6. The molecule has 8 nitrogen and oxygen atoms in total. The third kappa shape index (κ3) is 11.5. The largest absolute Gasteiger partial charge is 2.00 e. The van der Waals surface area contributed by atoms with Gasteiger partial charge in [0, 0.05) is 11.1 Å². The Kier molecular flexibility index (Phi) is 16.0. The molecule has 0 saturated carbocycles. The summed E-state index contributed by atoms with van der Waals surface area (Å²) in [6.45, 7) is 1.98. The molecule has 318 valence electrons. The number of aliphatic carboxylic acids is 2. The Morgan fingerprint density at radius 3 is 0.918 bits per heavy atom. The van der Waals surface area contributed by atoms with Gasteiger partial charge >= 0.3 is 32.8 Å². The zero-order chi connectivity index (χ0) is 42.9. The molecule has 0 bridgehead atoms. The molecule has 0 unspecified atom stereocenters. The van der Waals surface area contributed by atoms with Gasteiger partial charge in [0.15, 0.2) is 23.0 Å². The molecular weight excluding hydrogens is 939 g/mol. The fraction of sp³-hybridized carbons (Fsp3) is 0.136. The minimum Gasteiger partial charge on any atom is -0.542 e. The van der Waals surface area contributed by atoms with Crippen molar-refractivity contribution in [1.29, 1.82) is 0 Å². The van der Waals surface area contributed by atoms with Crippen molar-refractivity contribution < 1.29 is 85.5 Å². The molecule has 0 fully saturated rings. The summed E-state index contributed by atoms with van der Waals surface area (Å²) in [5.41, 5.74) is 2.04. The average Bonchev–Trinajstić information content (AvgIpc) is 3.25. The number of rotatable bonds is 7. The van der Waals surface area contributed by atoms with Crippen LogP contribution >= 0.6 is 15.8 Å². The molecule has 0 N–H and O–H groups in total. The summed E-state index contributed by atoms with van der Waals surface area (Å²) in [5.74, 6) is -2.97. The first kappa shape index (κ1) is 46.6. The van der Waals surface area contributed by atoms with E-state index in [1.54, 1.807) is 0 Å². The van der Waals surface area contributed by atoms with Gasteiger partial charge in [-0.3, -0.25) is 0 Å². The molecule has 17 heteroatoms. The molecule has 0 spiro atoms. The number of carboxylic acids is 2. The van der Waals surface area contributed by atoms with Crippen LogP contribution in [0.15, 0.2) is 146 Å². The molecule has 61 heavy (non-hydrogen) atoms. The molecule has 6 aromatic carbocycles. The summed E-state index contributed by atoms with van der Waals surface area (Å²) in [5, 5.41) is 25.0. The number of hydrogen-bond acceptors (Lipinski definition) is 8. The monoisotopic (exact) mass is 970 g/mol. The maximum atomic E-state index is 10.5. The zero-order valence-electron chi connectivity index (χ0n) is 31.4. The first-order chi connectivity index (χ1) is 28.8. The first-order valence-electron chi connectivity index (χ1n) is 18.0. The topological polar surface area (TPSA) is 117 Å². The van der Waals surface area contributed by atoms with Crippen molar-refractivity contribution in [2.45, 2.75) is 12.4 Å². The number of carboxylic acid groups (broad SMARTS) is 2. The molecule has 0 saturated heterocycles. The van der Waals surface area contributed by atoms with E-state index in [9.17, 15) is 26.3 Å². The van der Waals surface area contributed by atoms with Crippen LogP contribution in [-0.2, 0) is 30.0 Å². The number of hydrogen-bond donors (Lipinski definition) is 0. The molecule has 8 rings (SSSR count). The predicted molar refractivity (Wildman–Crippen MR) is 213 cm³/mol. The summed E-state index contributed by atoms with van der Waals surface area (Å²) in [6.07, 6.45) is -10.4. The van der Waals surface area contributed by atoms with Crippen molar-refractivity contribution in [2.24, 2.45) is 0 Å². The molecule has 2 aliphatic heterocycles. The van der Waals surface area contributed by atoms with E-state index in [0.29, 0.717) is 26.4 Å². The van der Waals surface area contributed by atoms with Crippen LogP contribution in [0.25, 0.3) is 11.1 Å². The summed E-state index contributed by atoms with van der Waals surface area (Å²) in [7, 11) is -1.97. The van der Waals surface area contributed by atoms with Gasteiger partial charge in [0.2, 0.25) is 0 Å². The molecule has 0 atom stereocenters. The van der Waals surface area contributed by atoms with Crippen LogP contribution in [0.2, 0.25) is 0 Å². The van der Waals surface area contributed by atoms with Crippen LogP contribution in [-0.4, -0.2) is 50.7 Å². The fourth-order valence-corrected chi connectivity index (χ4v) is 11.1. The maximum Gasteiger partial charge on any atom is 2.00 e. The van der Waals surface area contributed by atoms with Gasteiger partial charge in [0.1, 0.15) is 38.4 Å². The zero-order valence-corrected chi connectivity index (χ0v) is 34.8. The van der Waals surface area contributed by atoms with Crippen LogP contribution in [0, 0.1) is 0 Å². The number of fused-ring (bicyclic) bond motifs is 2. The number of benzene rings is 6. The summed E-state index contributed by atoms with van der Waals surface area (Å²) >= 11 is 0. The maximum absolute atomic E-state index is 10.5. The van der Waals surface area contributed by atoms with E-state index in [-0.39, 0.29) is 20.4 Å². The minimum absolute atomic E-state index is 0. The van der Waals surface area contributed by atoms with E-state index in [1.165, 1.54) is 31.8 Å². The fourth-order valence-electron chi connectivity index (χ4n) is 6.23. The van der Waals surface area contributed by atoms with Crippen LogP contribution in [0.5, 0.6) is 23.0 Å². The van der Waals surface area contributed by atoms with E-state index >= 15 is 0 Å². The van der Waals surface area contributed by atoms with Crippen LogP contribution in [0.3, 0.4) is 0 Å². The number of halogens is 6. The Labute approximate surface area is 362 Å². The van der Waals surface area contributed by atoms with Gasteiger partial charge in [-0.2, -0.15) is 26.3 Å². The van der Waals surface area contributed by atoms with E-state index < -0.39 is 40.1 Å². The third-order valence-electron chi connectivity index (χ3n) is 8.63. The Bertz CT molecular complexity index is 2140. The second-order valence-corrected chi connectivity index (χ2v) is 16.9. The predicted octanol–water partition coefficient (Wildman–Crippen LogP) is 5.01. The Morgan fingerprint density at radius 2 is 0.672 bits per heavy atom. The molecule has 2 heterocycles. The molecule has 0 amide bonds. The Morgan fingerprint density at radius 1 is 0.426 bits per heavy atom. The summed E-state index contributed by atoms with van der Waals surface area (Å²) < 4.78 is 88.8.